The van der Waals surface area contributed by atoms with Crippen molar-refractivity contribution < 1.29 is 19.1 Å². The fraction of sp³-hybridized carbons (Fsp3) is 0.857. The number of carbonyl (C=O) groups is 3. The van der Waals surface area contributed by atoms with Gasteiger partial charge in [-0.2, -0.15) is 0 Å². The summed E-state index contributed by atoms with van der Waals surface area (Å²) < 4.78 is 5.14. The van der Waals surface area contributed by atoms with Gasteiger partial charge in [-0.05, 0) is 32.6 Å². The number of esters is 1. The molecule has 7 nitrogen and oxygen atoms in total. The van der Waals surface area contributed by atoms with E-state index in [1.165, 1.54) is 12.8 Å². The molecular formula is C21H35N3O4. The third kappa shape index (κ3) is 5.25. The standard InChI is InChI=1S/C21H35N3O4/c1-2-28-19(26)15-21(10-6-3-7-11-21)23-18(25)14-17-20(27)22-12-13-24(17)16-8-4-5-9-16/h16-17H,2-15H2,1H3,(H,22,27)(H,23,25). The van der Waals surface area contributed by atoms with E-state index >= 15 is 0 Å². The SMILES string of the molecule is CCOC(=O)CC1(NC(=O)CC2C(=O)NCCN2C2CCCC2)CCCCC1. The lowest BCUT2D eigenvalue weighted by molar-refractivity contribution is -0.146. The predicted octanol–water partition coefficient (Wildman–Crippen LogP) is 1.89. The second kappa shape index (κ2) is 9.72. The van der Waals surface area contributed by atoms with Crippen LogP contribution in [0.15, 0.2) is 0 Å². The largest absolute Gasteiger partial charge is 0.466 e. The Morgan fingerprint density at radius 1 is 1.18 bits per heavy atom. The molecule has 1 heterocycles. The number of amides is 2. The Kier molecular flexibility index (Phi) is 7.32. The zero-order valence-corrected chi connectivity index (χ0v) is 17.1. The first-order valence-electron chi connectivity index (χ1n) is 11.0. The van der Waals surface area contributed by atoms with Crippen molar-refractivity contribution in [1.29, 1.82) is 0 Å². The van der Waals surface area contributed by atoms with Crippen LogP contribution in [0.4, 0.5) is 0 Å². The van der Waals surface area contributed by atoms with Crippen molar-refractivity contribution in [3.63, 3.8) is 0 Å². The average molecular weight is 394 g/mol. The maximum absolute atomic E-state index is 13.0. The van der Waals surface area contributed by atoms with Gasteiger partial charge in [-0.1, -0.05) is 32.1 Å². The first-order chi connectivity index (χ1) is 13.5. The third-order valence-electron chi connectivity index (χ3n) is 6.55. The van der Waals surface area contributed by atoms with E-state index in [1.807, 2.05) is 0 Å². The molecule has 1 atom stereocenters. The van der Waals surface area contributed by atoms with Crippen molar-refractivity contribution in [2.45, 2.75) is 95.2 Å². The van der Waals surface area contributed by atoms with E-state index < -0.39 is 11.6 Å². The smallest absolute Gasteiger partial charge is 0.308 e. The van der Waals surface area contributed by atoms with Crippen LogP contribution in [0.5, 0.6) is 0 Å². The summed E-state index contributed by atoms with van der Waals surface area (Å²) in [6, 6.07) is 0.00658. The number of rotatable bonds is 7. The third-order valence-corrected chi connectivity index (χ3v) is 6.55. The van der Waals surface area contributed by atoms with Crippen LogP contribution in [0.2, 0.25) is 0 Å². The van der Waals surface area contributed by atoms with Gasteiger partial charge in [-0.3, -0.25) is 19.3 Å². The Morgan fingerprint density at radius 2 is 1.89 bits per heavy atom. The number of piperazine rings is 1. The van der Waals surface area contributed by atoms with Gasteiger partial charge < -0.3 is 15.4 Å². The Balaban J connectivity index is 1.65. The van der Waals surface area contributed by atoms with Crippen LogP contribution in [0.1, 0.15) is 77.6 Å². The maximum atomic E-state index is 13.0. The van der Waals surface area contributed by atoms with Crippen molar-refractivity contribution in [2.75, 3.05) is 19.7 Å². The van der Waals surface area contributed by atoms with E-state index in [9.17, 15) is 14.4 Å². The Bertz CT molecular complexity index is 568. The average Bonchev–Trinajstić information content (AvgIpc) is 3.18. The summed E-state index contributed by atoms with van der Waals surface area (Å²) in [5, 5.41) is 6.07. The van der Waals surface area contributed by atoms with E-state index in [0.717, 1.165) is 51.5 Å². The Labute approximate surface area is 167 Å². The minimum absolute atomic E-state index is 0.0450. The molecule has 0 radical (unpaired) electrons. The van der Waals surface area contributed by atoms with E-state index in [2.05, 4.69) is 15.5 Å². The summed E-state index contributed by atoms with van der Waals surface area (Å²) in [7, 11) is 0. The lowest BCUT2D eigenvalue weighted by Gasteiger charge is -2.41. The van der Waals surface area contributed by atoms with Crippen molar-refractivity contribution in [3.8, 4) is 0 Å². The number of hydrogen-bond donors (Lipinski definition) is 2. The van der Waals surface area contributed by atoms with Crippen LogP contribution >= 0.6 is 0 Å². The first-order valence-corrected chi connectivity index (χ1v) is 11.0. The maximum Gasteiger partial charge on any atom is 0.308 e. The Hall–Kier alpha value is -1.63. The van der Waals surface area contributed by atoms with E-state index in [1.54, 1.807) is 6.92 Å². The van der Waals surface area contributed by atoms with Crippen molar-refractivity contribution in [2.24, 2.45) is 0 Å². The molecule has 0 spiro atoms. The quantitative estimate of drug-likeness (QED) is 0.645. The highest BCUT2D eigenvalue weighted by molar-refractivity contribution is 5.89. The van der Waals surface area contributed by atoms with Gasteiger partial charge >= 0.3 is 5.97 Å². The van der Waals surface area contributed by atoms with Crippen LogP contribution in [0, 0.1) is 0 Å². The Morgan fingerprint density at radius 3 is 2.57 bits per heavy atom. The molecule has 2 N–H and O–H groups in total. The number of ether oxygens (including phenoxy) is 1. The molecule has 3 aliphatic rings. The summed E-state index contributed by atoms with van der Waals surface area (Å²) in [5.74, 6) is -0.430. The van der Waals surface area contributed by atoms with E-state index in [-0.39, 0.29) is 30.6 Å². The second-order valence-electron chi connectivity index (χ2n) is 8.56. The van der Waals surface area contributed by atoms with Gasteiger partial charge in [-0.15, -0.1) is 0 Å². The van der Waals surface area contributed by atoms with Gasteiger partial charge in [0.2, 0.25) is 11.8 Å². The van der Waals surface area contributed by atoms with Gasteiger partial charge in [0.1, 0.15) is 0 Å². The van der Waals surface area contributed by atoms with Crippen molar-refractivity contribution in [3.05, 3.63) is 0 Å². The number of carbonyl (C=O) groups excluding carboxylic acids is 3. The molecule has 0 aromatic carbocycles. The topological polar surface area (TPSA) is 87.7 Å². The second-order valence-corrected chi connectivity index (χ2v) is 8.56. The highest BCUT2D eigenvalue weighted by Crippen LogP contribution is 2.32. The fourth-order valence-electron chi connectivity index (χ4n) is 5.20. The lowest BCUT2D eigenvalue weighted by atomic mass is 9.79. The minimum atomic E-state index is -0.523. The zero-order chi connectivity index (χ0) is 20.0. The van der Waals surface area contributed by atoms with Gasteiger partial charge in [0.25, 0.3) is 0 Å². The highest BCUT2D eigenvalue weighted by atomic mass is 16.5. The molecule has 28 heavy (non-hydrogen) atoms. The molecule has 2 aliphatic carbocycles. The van der Waals surface area contributed by atoms with Crippen molar-refractivity contribution >= 4 is 17.8 Å². The summed E-state index contributed by atoms with van der Waals surface area (Å²) in [6.07, 6.45) is 9.70. The van der Waals surface area contributed by atoms with Gasteiger partial charge in [0.05, 0.1) is 31.0 Å². The molecule has 158 valence electrons. The van der Waals surface area contributed by atoms with Crippen LogP contribution in [0.3, 0.4) is 0 Å². The molecule has 2 amide bonds. The van der Waals surface area contributed by atoms with E-state index in [0.29, 0.717) is 19.2 Å². The van der Waals surface area contributed by atoms with Crippen LogP contribution in [-0.4, -0.2) is 60.0 Å². The molecule has 3 rings (SSSR count). The number of nitrogens with zero attached hydrogens (tertiary/aromatic N) is 1. The molecule has 3 fully saturated rings. The summed E-state index contributed by atoms with van der Waals surface area (Å²) >= 11 is 0. The summed E-state index contributed by atoms with van der Waals surface area (Å²) in [4.78, 5) is 39.8. The molecular weight excluding hydrogens is 358 g/mol. The first kappa shape index (κ1) is 21.1. The predicted molar refractivity (Wildman–Crippen MR) is 106 cm³/mol. The molecule has 0 aromatic heterocycles. The van der Waals surface area contributed by atoms with Crippen LogP contribution in [0.25, 0.3) is 0 Å². The zero-order valence-electron chi connectivity index (χ0n) is 17.1. The minimum Gasteiger partial charge on any atom is -0.466 e. The van der Waals surface area contributed by atoms with Crippen LogP contribution < -0.4 is 10.6 Å². The number of nitrogens with one attached hydrogen (secondary N) is 2. The molecule has 1 saturated heterocycles. The van der Waals surface area contributed by atoms with Gasteiger partial charge in [0.15, 0.2) is 0 Å². The molecule has 0 aromatic rings. The number of hydrogen-bond acceptors (Lipinski definition) is 5. The highest BCUT2D eigenvalue weighted by Gasteiger charge is 2.40. The lowest BCUT2D eigenvalue weighted by Crippen LogP contribution is -2.60. The monoisotopic (exact) mass is 393 g/mol. The van der Waals surface area contributed by atoms with Gasteiger partial charge in [-0.25, -0.2) is 0 Å². The normalized spacial score (nSPS) is 25.9. The fourth-order valence-corrected chi connectivity index (χ4v) is 5.20. The molecule has 1 aliphatic heterocycles. The van der Waals surface area contributed by atoms with E-state index in [4.69, 9.17) is 4.74 Å². The summed E-state index contributed by atoms with van der Waals surface area (Å²) in [5.41, 5.74) is -0.523. The molecule has 2 saturated carbocycles. The molecule has 7 heteroatoms. The van der Waals surface area contributed by atoms with Crippen molar-refractivity contribution in [1.82, 2.24) is 15.5 Å². The van der Waals surface area contributed by atoms with Gasteiger partial charge in [0, 0.05) is 19.1 Å². The summed E-state index contributed by atoms with van der Waals surface area (Å²) in [6.45, 7) is 3.60. The van der Waals surface area contributed by atoms with Crippen LogP contribution in [-0.2, 0) is 19.1 Å². The molecule has 1 unspecified atom stereocenters. The molecule has 0 bridgehead atoms.